The average molecular weight is 335 g/mol. The first-order chi connectivity index (χ1) is 9.02. The highest BCUT2D eigenvalue weighted by Crippen LogP contribution is 2.37. The van der Waals surface area contributed by atoms with Crippen LogP contribution in [0.3, 0.4) is 0 Å². The minimum absolute atomic E-state index is 0.423. The van der Waals surface area contributed by atoms with Gasteiger partial charge in [0.2, 0.25) is 0 Å². The number of nitrogens with two attached hydrogens (primary N) is 1. The molecule has 0 aliphatic rings. The molecule has 0 bridgehead atoms. The summed E-state index contributed by atoms with van der Waals surface area (Å²) in [7, 11) is 0. The highest BCUT2D eigenvalue weighted by atomic mass is 35.5. The van der Waals surface area contributed by atoms with Gasteiger partial charge in [-0.3, -0.25) is 0 Å². The van der Waals surface area contributed by atoms with Crippen molar-refractivity contribution in [3.8, 4) is 11.1 Å². The van der Waals surface area contributed by atoms with Crippen molar-refractivity contribution in [3.63, 3.8) is 0 Å². The second-order valence-electron chi connectivity index (χ2n) is 4.09. The van der Waals surface area contributed by atoms with Crippen LogP contribution in [-0.4, -0.2) is 6.54 Å². The van der Waals surface area contributed by atoms with Gasteiger partial charge in [-0.1, -0.05) is 58.5 Å². The Hall–Kier alpha value is -0.440. The van der Waals surface area contributed by atoms with Crippen molar-refractivity contribution in [2.75, 3.05) is 6.54 Å². The fraction of sp³-hybridized carbons (Fsp3) is 0.143. The summed E-state index contributed by atoms with van der Waals surface area (Å²) in [5.41, 5.74) is 8.18. The van der Waals surface area contributed by atoms with Gasteiger partial charge in [0.1, 0.15) is 0 Å². The summed E-state index contributed by atoms with van der Waals surface area (Å²) < 4.78 is 0. The molecule has 0 radical (unpaired) electrons. The number of benzene rings is 2. The van der Waals surface area contributed by atoms with Crippen molar-refractivity contribution >= 4 is 46.4 Å². The molecular weight excluding hydrogens is 324 g/mol. The Bertz CT molecular complexity index is 611. The summed E-state index contributed by atoms with van der Waals surface area (Å²) in [6, 6.07) is 9.10. The van der Waals surface area contributed by atoms with Gasteiger partial charge in [0.25, 0.3) is 0 Å². The maximum atomic E-state index is 6.23. The monoisotopic (exact) mass is 333 g/mol. The normalized spacial score (nSPS) is 10.8. The van der Waals surface area contributed by atoms with E-state index in [0.29, 0.717) is 26.6 Å². The molecule has 0 atom stereocenters. The molecule has 0 fully saturated rings. The van der Waals surface area contributed by atoms with Crippen LogP contribution in [0.25, 0.3) is 11.1 Å². The predicted molar refractivity (Wildman–Crippen MR) is 84.7 cm³/mol. The topological polar surface area (TPSA) is 26.0 Å². The first-order valence-corrected chi connectivity index (χ1v) is 7.17. The molecule has 0 saturated carbocycles. The van der Waals surface area contributed by atoms with Gasteiger partial charge in [-0.05, 0) is 42.3 Å². The lowest BCUT2D eigenvalue weighted by Gasteiger charge is -2.10. The maximum Gasteiger partial charge on any atom is 0.0671 e. The molecule has 0 saturated heterocycles. The van der Waals surface area contributed by atoms with Crippen molar-refractivity contribution in [1.82, 2.24) is 0 Å². The fourth-order valence-electron chi connectivity index (χ4n) is 1.84. The van der Waals surface area contributed by atoms with Crippen LogP contribution >= 0.6 is 46.4 Å². The quantitative estimate of drug-likeness (QED) is 0.740. The summed E-state index contributed by atoms with van der Waals surface area (Å²) in [5.74, 6) is 0. The molecular formula is C14H11Cl4N. The number of hydrogen-bond donors (Lipinski definition) is 1. The van der Waals surface area contributed by atoms with Gasteiger partial charge in [0, 0.05) is 15.6 Å². The smallest absolute Gasteiger partial charge is 0.0671 e. The lowest BCUT2D eigenvalue weighted by molar-refractivity contribution is 0.969. The molecule has 1 nitrogen and oxygen atoms in total. The van der Waals surface area contributed by atoms with Crippen molar-refractivity contribution in [3.05, 3.63) is 56.0 Å². The number of rotatable bonds is 3. The first kappa shape index (κ1) is 15.0. The zero-order chi connectivity index (χ0) is 14.0. The Kier molecular flexibility index (Phi) is 4.99. The molecule has 0 spiro atoms. The third-order valence-corrected chi connectivity index (χ3v) is 4.14. The summed E-state index contributed by atoms with van der Waals surface area (Å²) in [4.78, 5) is 0. The van der Waals surface area contributed by atoms with E-state index in [9.17, 15) is 0 Å². The standard InChI is InChI=1S/C14H11Cl4N/c15-10-6-11(14(18)13(17)7-10)9-2-1-8(3-4-19)12(16)5-9/h1-2,5-7H,3-4,19H2. The van der Waals surface area contributed by atoms with Gasteiger partial charge in [-0.2, -0.15) is 0 Å². The van der Waals surface area contributed by atoms with E-state index < -0.39 is 0 Å². The summed E-state index contributed by atoms with van der Waals surface area (Å²) in [5, 5.41) is 2.08. The minimum atomic E-state index is 0.423. The molecule has 0 aliphatic heterocycles. The molecule has 0 aromatic heterocycles. The maximum absolute atomic E-state index is 6.23. The van der Waals surface area contributed by atoms with Crippen LogP contribution in [0.4, 0.5) is 0 Å². The highest BCUT2D eigenvalue weighted by molar-refractivity contribution is 6.45. The molecule has 2 aromatic rings. The zero-order valence-electron chi connectivity index (χ0n) is 9.89. The van der Waals surface area contributed by atoms with Crippen LogP contribution in [0, 0.1) is 0 Å². The van der Waals surface area contributed by atoms with Crippen LogP contribution < -0.4 is 5.73 Å². The largest absolute Gasteiger partial charge is 0.330 e. The van der Waals surface area contributed by atoms with Gasteiger partial charge in [0.15, 0.2) is 0 Å². The molecule has 0 aliphatic carbocycles. The Morgan fingerprint density at radius 3 is 2.26 bits per heavy atom. The van der Waals surface area contributed by atoms with E-state index >= 15 is 0 Å². The highest BCUT2D eigenvalue weighted by Gasteiger charge is 2.11. The predicted octanol–water partition coefficient (Wildman–Crippen LogP) is 5.47. The first-order valence-electron chi connectivity index (χ1n) is 5.66. The van der Waals surface area contributed by atoms with Gasteiger partial charge < -0.3 is 5.73 Å². The van der Waals surface area contributed by atoms with E-state index in [2.05, 4.69) is 0 Å². The van der Waals surface area contributed by atoms with Gasteiger partial charge in [-0.15, -0.1) is 0 Å². The average Bonchev–Trinajstić information content (AvgIpc) is 2.36. The minimum Gasteiger partial charge on any atom is -0.330 e. The number of halogens is 4. The van der Waals surface area contributed by atoms with Crippen LogP contribution in [0.2, 0.25) is 20.1 Å². The van der Waals surface area contributed by atoms with Gasteiger partial charge >= 0.3 is 0 Å². The Balaban J connectivity index is 2.51. The fourth-order valence-corrected chi connectivity index (χ4v) is 2.83. The van der Waals surface area contributed by atoms with Crippen LogP contribution in [0.15, 0.2) is 30.3 Å². The Labute approximate surface area is 132 Å². The lowest BCUT2D eigenvalue weighted by atomic mass is 10.0. The Morgan fingerprint density at radius 1 is 0.895 bits per heavy atom. The van der Waals surface area contributed by atoms with Gasteiger partial charge in [0.05, 0.1) is 10.0 Å². The molecule has 2 aromatic carbocycles. The molecule has 0 unspecified atom stereocenters. The molecule has 5 heteroatoms. The van der Waals surface area contributed by atoms with E-state index in [-0.39, 0.29) is 0 Å². The van der Waals surface area contributed by atoms with Crippen molar-refractivity contribution in [2.24, 2.45) is 5.73 Å². The molecule has 2 rings (SSSR count). The zero-order valence-corrected chi connectivity index (χ0v) is 12.9. The van der Waals surface area contributed by atoms with E-state index in [1.807, 2.05) is 18.2 Å². The summed E-state index contributed by atoms with van der Waals surface area (Å²) in [6.07, 6.45) is 0.739. The summed E-state index contributed by atoms with van der Waals surface area (Å²) >= 11 is 24.4. The van der Waals surface area contributed by atoms with E-state index in [1.54, 1.807) is 12.1 Å². The second-order valence-corrected chi connectivity index (χ2v) is 5.72. The van der Waals surface area contributed by atoms with Crippen molar-refractivity contribution in [2.45, 2.75) is 6.42 Å². The SMILES string of the molecule is NCCc1ccc(-c2cc(Cl)cc(Cl)c2Cl)cc1Cl. The van der Waals surface area contributed by atoms with E-state index in [0.717, 1.165) is 23.1 Å². The van der Waals surface area contributed by atoms with Crippen molar-refractivity contribution < 1.29 is 0 Å². The summed E-state index contributed by atoms with van der Waals surface area (Å²) in [6.45, 7) is 0.558. The molecule has 100 valence electrons. The van der Waals surface area contributed by atoms with Crippen LogP contribution in [0.1, 0.15) is 5.56 Å². The van der Waals surface area contributed by atoms with Crippen molar-refractivity contribution in [1.29, 1.82) is 0 Å². The molecule has 2 N–H and O–H groups in total. The molecule has 0 amide bonds. The third kappa shape index (κ3) is 3.36. The van der Waals surface area contributed by atoms with Crippen LogP contribution in [-0.2, 0) is 6.42 Å². The second kappa shape index (κ2) is 6.34. The third-order valence-electron chi connectivity index (χ3n) is 2.77. The van der Waals surface area contributed by atoms with E-state index in [1.165, 1.54) is 0 Å². The molecule has 0 heterocycles. The number of hydrogen-bond acceptors (Lipinski definition) is 1. The van der Waals surface area contributed by atoms with Crippen LogP contribution in [0.5, 0.6) is 0 Å². The van der Waals surface area contributed by atoms with E-state index in [4.69, 9.17) is 52.1 Å². The molecule has 19 heavy (non-hydrogen) atoms. The lowest BCUT2D eigenvalue weighted by Crippen LogP contribution is -2.03. The van der Waals surface area contributed by atoms with Gasteiger partial charge in [-0.25, -0.2) is 0 Å². The Morgan fingerprint density at radius 2 is 1.63 bits per heavy atom.